The van der Waals surface area contributed by atoms with Gasteiger partial charge in [-0.1, -0.05) is 78.9 Å². The number of ether oxygens (including phenoxy) is 1. The van der Waals surface area contributed by atoms with E-state index >= 15 is 0 Å². The molecule has 3 nitrogen and oxygen atoms in total. The number of benzene rings is 3. The summed E-state index contributed by atoms with van der Waals surface area (Å²) in [4.78, 5) is 2.56. The van der Waals surface area contributed by atoms with Gasteiger partial charge < -0.3 is 10.1 Å². The third-order valence-electron chi connectivity index (χ3n) is 5.60. The number of para-hydroxylation sites is 1. The molecule has 1 fully saturated rings. The van der Waals surface area contributed by atoms with Crippen molar-refractivity contribution in [2.24, 2.45) is 0 Å². The maximum Gasteiger partial charge on any atom is 0.127 e. The molecule has 1 N–H and O–H groups in total. The summed E-state index contributed by atoms with van der Waals surface area (Å²) in [7, 11) is 0. The van der Waals surface area contributed by atoms with E-state index in [0.29, 0.717) is 12.6 Å². The molecule has 0 radical (unpaired) electrons. The van der Waals surface area contributed by atoms with E-state index in [1.807, 2.05) is 12.1 Å². The quantitative estimate of drug-likeness (QED) is 0.429. The zero-order chi connectivity index (χ0) is 19.7. The monoisotopic (exact) mass is 458 g/mol. The maximum atomic E-state index is 6.11. The zero-order valence-electron chi connectivity index (χ0n) is 17.8. The highest BCUT2D eigenvalue weighted by atomic mass is 35.5. The molecule has 1 aliphatic rings. The van der Waals surface area contributed by atoms with Crippen LogP contribution < -0.4 is 10.1 Å². The van der Waals surface area contributed by atoms with Crippen LogP contribution in [-0.4, -0.2) is 37.2 Å². The lowest BCUT2D eigenvalue weighted by atomic mass is 10.0. The lowest BCUT2D eigenvalue weighted by Gasteiger charge is -2.32. The predicted molar refractivity (Wildman–Crippen MR) is 135 cm³/mol. The van der Waals surface area contributed by atoms with Crippen LogP contribution in [0.25, 0.3) is 11.1 Å². The fourth-order valence-corrected chi connectivity index (χ4v) is 4.01. The van der Waals surface area contributed by atoms with E-state index in [0.717, 1.165) is 37.5 Å². The highest BCUT2D eigenvalue weighted by Crippen LogP contribution is 2.29. The van der Waals surface area contributed by atoms with Crippen LogP contribution in [0.4, 0.5) is 0 Å². The number of nitrogens with zero attached hydrogens (tertiary/aromatic N) is 1. The van der Waals surface area contributed by atoms with Gasteiger partial charge in [-0.15, -0.1) is 24.8 Å². The fourth-order valence-electron chi connectivity index (χ4n) is 4.01. The van der Waals surface area contributed by atoms with Crippen molar-refractivity contribution in [3.8, 4) is 16.9 Å². The van der Waals surface area contributed by atoms with E-state index < -0.39 is 0 Å². The van der Waals surface area contributed by atoms with Crippen LogP contribution in [0, 0.1) is 0 Å². The van der Waals surface area contributed by atoms with Crippen molar-refractivity contribution in [1.29, 1.82) is 0 Å². The van der Waals surface area contributed by atoms with Crippen LogP contribution in [0.15, 0.2) is 84.9 Å². The molecular weight excluding hydrogens is 427 g/mol. The largest absolute Gasteiger partial charge is 0.492 e. The molecular formula is C26H32Cl2N2O. The average molecular weight is 459 g/mol. The first kappa shape index (κ1) is 25.2. The van der Waals surface area contributed by atoms with E-state index in [1.165, 1.54) is 24.0 Å². The summed E-state index contributed by atoms with van der Waals surface area (Å²) in [6, 6.07) is 30.1. The molecule has 1 heterocycles. The van der Waals surface area contributed by atoms with Crippen molar-refractivity contribution in [2.45, 2.75) is 25.4 Å². The molecule has 3 aromatic rings. The number of nitrogens with one attached hydrogen (secondary N) is 1. The van der Waals surface area contributed by atoms with Gasteiger partial charge in [-0.3, -0.25) is 4.90 Å². The Bertz CT molecular complexity index is 869. The first-order chi connectivity index (χ1) is 14.4. The molecule has 0 aromatic heterocycles. The van der Waals surface area contributed by atoms with E-state index in [2.05, 4.69) is 83.0 Å². The number of hydrogen-bond donors (Lipinski definition) is 1. The van der Waals surface area contributed by atoms with Gasteiger partial charge in [0.15, 0.2) is 0 Å². The summed E-state index contributed by atoms with van der Waals surface area (Å²) < 4.78 is 6.11. The summed E-state index contributed by atoms with van der Waals surface area (Å²) in [5.41, 5.74) is 3.76. The minimum absolute atomic E-state index is 0. The van der Waals surface area contributed by atoms with Crippen molar-refractivity contribution >= 4 is 24.8 Å². The topological polar surface area (TPSA) is 24.5 Å². The van der Waals surface area contributed by atoms with E-state index in [4.69, 9.17) is 4.74 Å². The lowest BCUT2D eigenvalue weighted by molar-refractivity contribution is 0.186. The van der Waals surface area contributed by atoms with Crippen LogP contribution in [0.2, 0.25) is 0 Å². The summed E-state index contributed by atoms with van der Waals surface area (Å²) >= 11 is 0. The van der Waals surface area contributed by atoms with Crippen molar-refractivity contribution in [2.75, 3.05) is 26.2 Å². The molecule has 0 atom stereocenters. The minimum Gasteiger partial charge on any atom is -0.492 e. The number of likely N-dealkylation sites (tertiary alicyclic amines) is 1. The number of rotatable bonds is 8. The smallest absolute Gasteiger partial charge is 0.127 e. The van der Waals surface area contributed by atoms with E-state index in [9.17, 15) is 0 Å². The molecule has 166 valence electrons. The molecule has 31 heavy (non-hydrogen) atoms. The molecule has 0 aliphatic carbocycles. The van der Waals surface area contributed by atoms with Crippen molar-refractivity contribution in [3.63, 3.8) is 0 Å². The SMILES string of the molecule is Cl.Cl.c1ccc(CN2CCC(NCCOc3ccccc3-c3ccccc3)CC2)cc1. The Hall–Kier alpha value is -2.04. The van der Waals surface area contributed by atoms with E-state index in [-0.39, 0.29) is 24.8 Å². The average Bonchev–Trinajstić information content (AvgIpc) is 2.79. The van der Waals surface area contributed by atoms with Gasteiger partial charge in [-0.2, -0.15) is 0 Å². The highest BCUT2D eigenvalue weighted by Gasteiger charge is 2.18. The normalized spacial score (nSPS) is 14.3. The molecule has 3 aromatic carbocycles. The Kier molecular flexibility index (Phi) is 10.9. The second kappa shape index (κ2) is 13.4. The number of halogens is 2. The van der Waals surface area contributed by atoms with Gasteiger partial charge in [0.2, 0.25) is 0 Å². The van der Waals surface area contributed by atoms with Crippen LogP contribution in [0.1, 0.15) is 18.4 Å². The Labute approximate surface area is 198 Å². The number of piperidine rings is 1. The molecule has 0 saturated carbocycles. The van der Waals surface area contributed by atoms with Gasteiger partial charge in [-0.25, -0.2) is 0 Å². The Morgan fingerprint density at radius 2 is 1.39 bits per heavy atom. The van der Waals surface area contributed by atoms with Crippen molar-refractivity contribution in [3.05, 3.63) is 90.5 Å². The third kappa shape index (κ3) is 7.55. The summed E-state index contributed by atoms with van der Waals surface area (Å²) in [6.07, 6.45) is 2.40. The van der Waals surface area contributed by atoms with Crippen molar-refractivity contribution in [1.82, 2.24) is 10.2 Å². The molecule has 1 aliphatic heterocycles. The third-order valence-corrected chi connectivity index (χ3v) is 5.60. The van der Waals surface area contributed by atoms with Gasteiger partial charge in [-0.05, 0) is 43.1 Å². The highest BCUT2D eigenvalue weighted by molar-refractivity contribution is 5.85. The molecule has 1 saturated heterocycles. The molecule has 0 amide bonds. The first-order valence-electron chi connectivity index (χ1n) is 10.7. The van der Waals surface area contributed by atoms with E-state index in [1.54, 1.807) is 0 Å². The Morgan fingerprint density at radius 3 is 2.10 bits per heavy atom. The molecule has 0 bridgehead atoms. The van der Waals surface area contributed by atoms with Gasteiger partial charge in [0.25, 0.3) is 0 Å². The summed E-state index contributed by atoms with van der Waals surface area (Å²) in [5, 5.41) is 3.68. The number of hydrogen-bond acceptors (Lipinski definition) is 3. The molecule has 0 spiro atoms. The Balaban J connectivity index is 0.00000171. The van der Waals surface area contributed by atoms with Crippen LogP contribution in [-0.2, 0) is 6.54 Å². The van der Waals surface area contributed by atoms with Crippen LogP contribution >= 0.6 is 24.8 Å². The second-order valence-corrected chi connectivity index (χ2v) is 7.70. The molecule has 5 heteroatoms. The maximum absolute atomic E-state index is 6.11. The Morgan fingerprint density at radius 1 is 0.774 bits per heavy atom. The second-order valence-electron chi connectivity index (χ2n) is 7.70. The molecule has 4 rings (SSSR count). The predicted octanol–water partition coefficient (Wildman–Crippen LogP) is 5.83. The summed E-state index contributed by atoms with van der Waals surface area (Å²) in [5.74, 6) is 0.957. The minimum atomic E-state index is 0. The van der Waals surface area contributed by atoms with Gasteiger partial charge in [0.05, 0.1) is 0 Å². The standard InChI is InChI=1S/C26H30N2O.2ClH/c1-3-9-22(10-4-1)21-28-18-15-24(16-19-28)27-17-20-29-26-14-8-7-13-25(26)23-11-5-2-6-12-23;;/h1-14,24,27H,15-21H2;2*1H. The fraction of sp³-hybridized carbons (Fsp3) is 0.308. The zero-order valence-corrected chi connectivity index (χ0v) is 19.4. The first-order valence-corrected chi connectivity index (χ1v) is 10.7. The van der Waals surface area contributed by atoms with Gasteiger partial charge in [0.1, 0.15) is 12.4 Å². The lowest BCUT2D eigenvalue weighted by Crippen LogP contribution is -2.43. The van der Waals surface area contributed by atoms with Crippen LogP contribution in [0.3, 0.4) is 0 Å². The summed E-state index contributed by atoms with van der Waals surface area (Å²) in [6.45, 7) is 4.95. The van der Waals surface area contributed by atoms with Gasteiger partial charge in [0, 0.05) is 24.7 Å². The van der Waals surface area contributed by atoms with Crippen LogP contribution in [0.5, 0.6) is 5.75 Å². The van der Waals surface area contributed by atoms with Gasteiger partial charge >= 0.3 is 0 Å². The van der Waals surface area contributed by atoms with Crippen molar-refractivity contribution < 1.29 is 4.74 Å². The molecule has 0 unspecified atom stereocenters.